The molecule has 6 rings (SSSR count). The first-order valence-corrected chi connectivity index (χ1v) is 14.6. The molecule has 1 fully saturated rings. The van der Waals surface area contributed by atoms with Crippen LogP contribution in [0.2, 0.25) is 5.02 Å². The summed E-state index contributed by atoms with van der Waals surface area (Å²) in [5.74, 6) is -2.62. The molecular formula is C29H21ClFN3O5S2. The Hall–Kier alpha value is -3.93. The molecule has 0 aliphatic carbocycles. The smallest absolute Gasteiger partial charge is 0.308 e. The van der Waals surface area contributed by atoms with E-state index in [4.69, 9.17) is 16.3 Å². The Morgan fingerprint density at radius 3 is 2.32 bits per heavy atom. The Bertz CT molecular complexity index is 1720. The number of anilines is 2. The van der Waals surface area contributed by atoms with Crippen LogP contribution >= 0.6 is 34.7 Å². The Labute approximate surface area is 246 Å². The predicted molar refractivity (Wildman–Crippen MR) is 156 cm³/mol. The van der Waals surface area contributed by atoms with Gasteiger partial charge in [0.25, 0.3) is 0 Å². The van der Waals surface area contributed by atoms with Gasteiger partial charge >= 0.3 is 4.87 Å². The van der Waals surface area contributed by atoms with Gasteiger partial charge < -0.3 is 10.1 Å². The van der Waals surface area contributed by atoms with Crippen molar-refractivity contribution in [2.75, 3.05) is 17.3 Å². The largest absolute Gasteiger partial charge is 0.497 e. The zero-order chi connectivity index (χ0) is 28.8. The average Bonchev–Trinajstić information content (AvgIpc) is 3.40. The van der Waals surface area contributed by atoms with Crippen molar-refractivity contribution in [3.63, 3.8) is 0 Å². The standard InChI is InChI=1S/C29H21ClFN3O5S2/c1-39-20-12-8-18(9-13-20)32-21(35)14-33-28-25(41-29(33)38)22(15-2-6-17(31)7-3-15)23-24(40-28)27(37)34(26(23)36)19-10-4-16(30)5-11-19/h2-13,22-24H,14H2,1H3,(H,32,35)/t22-,23?,24?/m1/s1. The molecule has 0 radical (unpaired) electrons. The van der Waals surface area contributed by atoms with Crippen LogP contribution in [0, 0.1) is 11.7 Å². The lowest BCUT2D eigenvalue weighted by molar-refractivity contribution is -0.122. The van der Waals surface area contributed by atoms with Gasteiger partial charge in [0.2, 0.25) is 17.7 Å². The van der Waals surface area contributed by atoms with Gasteiger partial charge in [-0.05, 0) is 66.2 Å². The van der Waals surface area contributed by atoms with Crippen molar-refractivity contribution in [1.29, 1.82) is 0 Å². The lowest BCUT2D eigenvalue weighted by Gasteiger charge is -2.30. The minimum absolute atomic E-state index is 0.291. The van der Waals surface area contributed by atoms with Crippen LogP contribution in [0.3, 0.4) is 0 Å². The number of thiazole rings is 1. The van der Waals surface area contributed by atoms with Gasteiger partial charge in [-0.3, -0.25) is 23.7 Å². The topological polar surface area (TPSA) is 97.7 Å². The van der Waals surface area contributed by atoms with Crippen molar-refractivity contribution in [2.24, 2.45) is 5.92 Å². The highest BCUT2D eigenvalue weighted by atomic mass is 35.5. The first-order chi connectivity index (χ1) is 19.7. The van der Waals surface area contributed by atoms with Crippen LogP contribution in [0.4, 0.5) is 15.8 Å². The fourth-order valence-corrected chi connectivity index (χ4v) is 8.05. The number of carbonyl (C=O) groups is 3. The average molecular weight is 610 g/mol. The minimum Gasteiger partial charge on any atom is -0.497 e. The number of halogens is 2. The number of amides is 3. The highest BCUT2D eigenvalue weighted by Gasteiger charge is 2.56. The molecule has 1 N–H and O–H groups in total. The molecule has 3 aromatic carbocycles. The summed E-state index contributed by atoms with van der Waals surface area (Å²) >= 11 is 8.05. The summed E-state index contributed by atoms with van der Waals surface area (Å²) in [6.45, 7) is -0.291. The molecule has 208 valence electrons. The molecule has 0 bridgehead atoms. The summed E-state index contributed by atoms with van der Waals surface area (Å²) in [7, 11) is 1.54. The summed E-state index contributed by atoms with van der Waals surface area (Å²) in [5.41, 5.74) is 1.51. The number of methoxy groups -OCH3 is 1. The Kier molecular flexibility index (Phi) is 7.18. The van der Waals surface area contributed by atoms with Gasteiger partial charge in [-0.15, -0.1) is 0 Å². The van der Waals surface area contributed by atoms with E-state index in [2.05, 4.69) is 5.32 Å². The molecule has 8 nitrogen and oxygen atoms in total. The number of aromatic nitrogens is 1. The zero-order valence-electron chi connectivity index (χ0n) is 21.4. The van der Waals surface area contributed by atoms with E-state index in [0.717, 1.165) is 28.0 Å². The lowest BCUT2D eigenvalue weighted by atomic mass is 9.83. The van der Waals surface area contributed by atoms with Crippen molar-refractivity contribution in [3.05, 3.63) is 104 Å². The molecule has 12 heteroatoms. The third-order valence-electron chi connectivity index (χ3n) is 7.04. The third kappa shape index (κ3) is 4.94. The van der Waals surface area contributed by atoms with Gasteiger partial charge in [0, 0.05) is 21.5 Å². The van der Waals surface area contributed by atoms with Gasteiger partial charge in [-0.2, -0.15) is 0 Å². The Morgan fingerprint density at radius 2 is 1.66 bits per heavy atom. The molecule has 2 aliphatic rings. The molecule has 0 saturated carbocycles. The van der Waals surface area contributed by atoms with Crippen molar-refractivity contribution >= 4 is 63.8 Å². The summed E-state index contributed by atoms with van der Waals surface area (Å²) in [6.07, 6.45) is 0. The van der Waals surface area contributed by atoms with Crippen molar-refractivity contribution in [2.45, 2.75) is 22.7 Å². The molecule has 3 atom stereocenters. The van der Waals surface area contributed by atoms with Gasteiger partial charge in [0.15, 0.2) is 0 Å². The molecule has 41 heavy (non-hydrogen) atoms. The molecular weight excluding hydrogens is 589 g/mol. The number of rotatable bonds is 6. The first kappa shape index (κ1) is 27.3. The molecule has 1 saturated heterocycles. The number of thioether (sulfide) groups is 1. The molecule has 3 amide bonds. The number of nitrogens with one attached hydrogen (secondary N) is 1. The van der Waals surface area contributed by atoms with Crippen LogP contribution in [-0.4, -0.2) is 34.6 Å². The second-order valence-electron chi connectivity index (χ2n) is 9.48. The van der Waals surface area contributed by atoms with E-state index in [1.165, 1.54) is 16.7 Å². The summed E-state index contributed by atoms with van der Waals surface area (Å²) in [4.78, 5) is 55.1. The van der Waals surface area contributed by atoms with E-state index in [-0.39, 0.29) is 6.54 Å². The molecule has 2 aliphatic heterocycles. The fraction of sp³-hybridized carbons (Fsp3) is 0.172. The maximum Gasteiger partial charge on any atom is 0.308 e. The van der Waals surface area contributed by atoms with E-state index in [9.17, 15) is 23.6 Å². The summed E-state index contributed by atoms with van der Waals surface area (Å²) in [6, 6.07) is 18.8. The predicted octanol–water partition coefficient (Wildman–Crippen LogP) is 5.15. The second-order valence-corrected chi connectivity index (χ2v) is 12.0. The number of nitrogens with zero attached hydrogens (tertiary/aromatic N) is 2. The maximum atomic E-state index is 13.9. The lowest BCUT2D eigenvalue weighted by Crippen LogP contribution is -2.33. The van der Waals surface area contributed by atoms with E-state index in [1.54, 1.807) is 67.8 Å². The minimum atomic E-state index is -0.856. The molecule has 1 aromatic heterocycles. The highest BCUT2D eigenvalue weighted by Crippen LogP contribution is 2.53. The Morgan fingerprint density at radius 1 is 0.976 bits per heavy atom. The van der Waals surface area contributed by atoms with Gasteiger partial charge in [-0.1, -0.05) is 46.8 Å². The van der Waals surface area contributed by atoms with Crippen LogP contribution in [0.5, 0.6) is 5.75 Å². The normalized spacial score (nSPS) is 19.6. The van der Waals surface area contributed by atoms with E-state index in [0.29, 0.717) is 37.6 Å². The fourth-order valence-electron chi connectivity index (χ4n) is 5.15. The van der Waals surface area contributed by atoms with Crippen LogP contribution < -0.4 is 19.8 Å². The van der Waals surface area contributed by atoms with Crippen LogP contribution in [0.15, 0.2) is 82.6 Å². The SMILES string of the molecule is COc1ccc(NC(=O)Cn2c3c(sc2=O)[C@H](c2ccc(F)cc2)C2C(=O)N(c4ccc(Cl)cc4)C(=O)C2S3)cc1. The number of ether oxygens (including phenoxy) is 1. The summed E-state index contributed by atoms with van der Waals surface area (Å²) in [5, 5.41) is 2.82. The second kappa shape index (κ2) is 10.8. The van der Waals surface area contributed by atoms with Crippen molar-refractivity contribution < 1.29 is 23.5 Å². The van der Waals surface area contributed by atoms with E-state index >= 15 is 0 Å². The quantitative estimate of drug-likeness (QED) is 0.304. The third-order valence-corrected chi connectivity index (χ3v) is 9.89. The van der Waals surface area contributed by atoms with Crippen LogP contribution in [-0.2, 0) is 20.9 Å². The van der Waals surface area contributed by atoms with Gasteiger partial charge in [0.05, 0.1) is 23.7 Å². The summed E-state index contributed by atoms with van der Waals surface area (Å²) < 4.78 is 20.3. The number of hydrogen-bond donors (Lipinski definition) is 1. The molecule has 3 heterocycles. The van der Waals surface area contributed by atoms with Crippen molar-refractivity contribution in [3.8, 4) is 5.75 Å². The number of hydrogen-bond acceptors (Lipinski definition) is 7. The van der Waals surface area contributed by atoms with E-state index in [1.807, 2.05) is 0 Å². The van der Waals surface area contributed by atoms with Crippen LogP contribution in [0.25, 0.3) is 0 Å². The highest BCUT2D eigenvalue weighted by molar-refractivity contribution is 8.00. The van der Waals surface area contributed by atoms with Gasteiger partial charge in [0.1, 0.15) is 23.4 Å². The number of carbonyl (C=O) groups excluding carboxylic acids is 3. The monoisotopic (exact) mass is 609 g/mol. The zero-order valence-corrected chi connectivity index (χ0v) is 23.8. The van der Waals surface area contributed by atoms with Gasteiger partial charge in [-0.25, -0.2) is 9.29 Å². The molecule has 4 aromatic rings. The van der Waals surface area contributed by atoms with E-state index < -0.39 is 45.5 Å². The number of imide groups is 1. The maximum absolute atomic E-state index is 13.9. The first-order valence-electron chi connectivity index (χ1n) is 12.5. The Balaban J connectivity index is 1.38. The number of fused-ring (bicyclic) bond motifs is 2. The van der Waals surface area contributed by atoms with Crippen LogP contribution in [0.1, 0.15) is 16.4 Å². The molecule has 2 unspecified atom stereocenters. The molecule has 0 spiro atoms. The van der Waals surface area contributed by atoms with Crippen molar-refractivity contribution in [1.82, 2.24) is 4.57 Å². The number of benzene rings is 3.